The van der Waals surface area contributed by atoms with E-state index in [1.54, 1.807) is 0 Å². The summed E-state index contributed by atoms with van der Waals surface area (Å²) in [5, 5.41) is 0. The van der Waals surface area contributed by atoms with Crippen molar-refractivity contribution in [2.45, 2.75) is 0 Å². The molecule has 0 fully saturated rings. The number of rotatable bonds is 3. The molecule has 1 aromatic rings. The standard InChI is InChI=1S/C9H8BrFO3/c1-13-8-5(4-12)3-6(10)9(14-2)7(8)11/h3-4H,1-2H3. The van der Waals surface area contributed by atoms with Crippen LogP contribution in [0, 0.1) is 5.82 Å². The largest absolute Gasteiger partial charge is 0.493 e. The number of carbonyl (C=O) groups excluding carboxylic acids is 1. The number of carbonyl (C=O) groups is 1. The fourth-order valence-corrected chi connectivity index (χ4v) is 1.67. The van der Waals surface area contributed by atoms with Crippen molar-refractivity contribution < 1.29 is 18.7 Å². The Labute approximate surface area is 88.9 Å². The summed E-state index contributed by atoms with van der Waals surface area (Å²) < 4.78 is 23.5. The fourth-order valence-electron chi connectivity index (χ4n) is 1.08. The van der Waals surface area contributed by atoms with E-state index >= 15 is 0 Å². The highest BCUT2D eigenvalue weighted by Crippen LogP contribution is 2.36. The zero-order chi connectivity index (χ0) is 10.7. The number of ether oxygens (including phenoxy) is 2. The molecule has 0 unspecified atom stereocenters. The van der Waals surface area contributed by atoms with Gasteiger partial charge in [-0.1, -0.05) is 0 Å². The van der Waals surface area contributed by atoms with Crippen molar-refractivity contribution in [2.24, 2.45) is 0 Å². The van der Waals surface area contributed by atoms with Gasteiger partial charge in [0.15, 0.2) is 17.8 Å². The normalized spacial score (nSPS) is 9.71. The Morgan fingerprint density at radius 1 is 1.36 bits per heavy atom. The number of hydrogen-bond donors (Lipinski definition) is 0. The fraction of sp³-hybridized carbons (Fsp3) is 0.222. The Bertz CT molecular complexity index is 366. The molecule has 14 heavy (non-hydrogen) atoms. The minimum atomic E-state index is -0.688. The molecule has 0 aliphatic rings. The SMILES string of the molecule is COc1c(Br)cc(C=O)c(OC)c1F. The quantitative estimate of drug-likeness (QED) is 0.785. The van der Waals surface area contributed by atoms with E-state index in [4.69, 9.17) is 9.47 Å². The second kappa shape index (κ2) is 4.41. The minimum absolute atomic E-state index is 0.0208. The topological polar surface area (TPSA) is 35.5 Å². The number of methoxy groups -OCH3 is 2. The summed E-state index contributed by atoms with van der Waals surface area (Å²) in [7, 11) is 2.63. The van der Waals surface area contributed by atoms with Crippen LogP contribution >= 0.6 is 15.9 Å². The maximum Gasteiger partial charge on any atom is 0.208 e. The van der Waals surface area contributed by atoms with Gasteiger partial charge in [-0.25, -0.2) is 0 Å². The Morgan fingerprint density at radius 2 is 1.93 bits per heavy atom. The Kier molecular flexibility index (Phi) is 3.46. The average Bonchev–Trinajstić information content (AvgIpc) is 2.17. The molecule has 0 amide bonds. The molecule has 1 rings (SSSR count). The van der Waals surface area contributed by atoms with Gasteiger partial charge in [-0.3, -0.25) is 4.79 Å². The van der Waals surface area contributed by atoms with E-state index in [0.29, 0.717) is 10.8 Å². The Hall–Kier alpha value is -1.10. The van der Waals surface area contributed by atoms with Crippen LogP contribution in [0.5, 0.6) is 11.5 Å². The smallest absolute Gasteiger partial charge is 0.208 e. The lowest BCUT2D eigenvalue weighted by molar-refractivity contribution is 0.111. The summed E-state index contributed by atoms with van der Waals surface area (Å²) in [6.07, 6.45) is 0.520. The molecule has 0 heterocycles. The van der Waals surface area contributed by atoms with Gasteiger partial charge < -0.3 is 9.47 Å². The first-order valence-corrected chi connectivity index (χ1v) is 4.50. The van der Waals surface area contributed by atoms with E-state index in [2.05, 4.69) is 15.9 Å². The van der Waals surface area contributed by atoms with Crippen LogP contribution in [0.1, 0.15) is 10.4 Å². The third-order valence-electron chi connectivity index (χ3n) is 1.70. The van der Waals surface area contributed by atoms with E-state index in [1.807, 2.05) is 0 Å². The molecular weight excluding hydrogens is 255 g/mol. The molecule has 0 radical (unpaired) electrons. The number of hydrogen-bond acceptors (Lipinski definition) is 3. The summed E-state index contributed by atoms with van der Waals surface area (Å²) in [5.74, 6) is -0.779. The van der Waals surface area contributed by atoms with Crippen molar-refractivity contribution in [3.05, 3.63) is 21.9 Å². The molecule has 0 spiro atoms. The molecule has 0 aromatic heterocycles. The van der Waals surface area contributed by atoms with Gasteiger partial charge in [0, 0.05) is 0 Å². The van der Waals surface area contributed by atoms with Crippen LogP contribution in [-0.2, 0) is 0 Å². The van der Waals surface area contributed by atoms with Crippen LogP contribution in [0.4, 0.5) is 4.39 Å². The first kappa shape index (κ1) is 11.0. The molecule has 1 aromatic carbocycles. The third-order valence-corrected chi connectivity index (χ3v) is 2.28. The first-order valence-electron chi connectivity index (χ1n) is 3.70. The lowest BCUT2D eigenvalue weighted by atomic mass is 10.2. The summed E-state index contributed by atoms with van der Waals surface area (Å²) in [5.41, 5.74) is 0.137. The van der Waals surface area contributed by atoms with Crippen molar-refractivity contribution in [3.63, 3.8) is 0 Å². The first-order chi connectivity index (χ1) is 6.65. The average molecular weight is 263 g/mol. The maximum atomic E-state index is 13.5. The van der Waals surface area contributed by atoms with Gasteiger partial charge in [0.05, 0.1) is 24.3 Å². The maximum absolute atomic E-state index is 13.5. The third kappa shape index (κ3) is 1.72. The van der Waals surface area contributed by atoms with Crippen LogP contribution in [0.15, 0.2) is 10.5 Å². The van der Waals surface area contributed by atoms with E-state index in [9.17, 15) is 9.18 Å². The zero-order valence-corrected chi connectivity index (χ0v) is 9.22. The van der Waals surface area contributed by atoms with Crippen molar-refractivity contribution in [3.8, 4) is 11.5 Å². The van der Waals surface area contributed by atoms with Gasteiger partial charge >= 0.3 is 0 Å². The van der Waals surface area contributed by atoms with E-state index in [1.165, 1.54) is 20.3 Å². The molecule has 0 bridgehead atoms. The van der Waals surface area contributed by atoms with Gasteiger partial charge in [0.1, 0.15) is 0 Å². The van der Waals surface area contributed by atoms with Crippen LogP contribution in [-0.4, -0.2) is 20.5 Å². The molecule has 0 saturated heterocycles. The van der Waals surface area contributed by atoms with Crippen LogP contribution in [0.2, 0.25) is 0 Å². The highest BCUT2D eigenvalue weighted by molar-refractivity contribution is 9.10. The molecule has 0 saturated carbocycles. The lowest BCUT2D eigenvalue weighted by Crippen LogP contribution is -1.98. The summed E-state index contributed by atoms with van der Waals surface area (Å²) in [4.78, 5) is 10.6. The lowest BCUT2D eigenvalue weighted by Gasteiger charge is -2.10. The van der Waals surface area contributed by atoms with Crippen molar-refractivity contribution in [1.29, 1.82) is 0 Å². The van der Waals surface area contributed by atoms with Gasteiger partial charge in [0.25, 0.3) is 0 Å². The molecular formula is C9H8BrFO3. The second-order valence-corrected chi connectivity index (χ2v) is 3.30. The monoisotopic (exact) mass is 262 g/mol. The van der Waals surface area contributed by atoms with E-state index in [0.717, 1.165) is 0 Å². The minimum Gasteiger partial charge on any atom is -0.493 e. The number of halogens is 2. The zero-order valence-electron chi connectivity index (χ0n) is 7.64. The molecule has 0 atom stereocenters. The van der Waals surface area contributed by atoms with Crippen LogP contribution in [0.25, 0.3) is 0 Å². The predicted octanol–water partition coefficient (Wildman–Crippen LogP) is 2.42. The Morgan fingerprint density at radius 3 is 2.36 bits per heavy atom. The molecule has 0 N–H and O–H groups in total. The molecule has 76 valence electrons. The number of aldehydes is 1. The summed E-state index contributed by atoms with van der Waals surface area (Å²) >= 11 is 3.08. The van der Waals surface area contributed by atoms with Gasteiger partial charge in [-0.2, -0.15) is 4.39 Å². The molecule has 5 heteroatoms. The van der Waals surface area contributed by atoms with Crippen LogP contribution in [0.3, 0.4) is 0 Å². The van der Waals surface area contributed by atoms with Crippen molar-refractivity contribution >= 4 is 22.2 Å². The highest BCUT2D eigenvalue weighted by Gasteiger charge is 2.17. The van der Waals surface area contributed by atoms with Gasteiger partial charge in [-0.15, -0.1) is 0 Å². The molecule has 0 aliphatic heterocycles. The molecule has 3 nitrogen and oxygen atoms in total. The highest BCUT2D eigenvalue weighted by atomic mass is 79.9. The van der Waals surface area contributed by atoms with Crippen molar-refractivity contribution in [1.82, 2.24) is 0 Å². The summed E-state index contributed by atoms with van der Waals surface area (Å²) in [6.45, 7) is 0. The Balaban J connectivity index is 3.46. The van der Waals surface area contributed by atoms with Gasteiger partial charge in [0.2, 0.25) is 5.82 Å². The van der Waals surface area contributed by atoms with E-state index in [-0.39, 0.29) is 17.1 Å². The second-order valence-electron chi connectivity index (χ2n) is 2.45. The number of benzene rings is 1. The van der Waals surface area contributed by atoms with Gasteiger partial charge in [-0.05, 0) is 22.0 Å². The van der Waals surface area contributed by atoms with E-state index < -0.39 is 5.82 Å². The molecule has 0 aliphatic carbocycles. The van der Waals surface area contributed by atoms with Crippen LogP contribution < -0.4 is 9.47 Å². The summed E-state index contributed by atoms with van der Waals surface area (Å²) in [6, 6.07) is 1.44. The predicted molar refractivity (Wildman–Crippen MR) is 52.6 cm³/mol. The van der Waals surface area contributed by atoms with Crippen molar-refractivity contribution in [2.75, 3.05) is 14.2 Å².